The molecule has 0 aromatic carbocycles. The molecule has 3 aliphatic heterocycles. The fraction of sp³-hybridized carbons (Fsp3) is 0.500. The summed E-state index contributed by atoms with van der Waals surface area (Å²) in [4.78, 5) is 22.6. The van der Waals surface area contributed by atoms with E-state index in [1.807, 2.05) is 25.4 Å². The average Bonchev–Trinajstić information content (AvgIpc) is 2.59. The quantitative estimate of drug-likeness (QED) is 0.631. The minimum absolute atomic E-state index is 0.509. The predicted molar refractivity (Wildman–Crippen MR) is 92.2 cm³/mol. The van der Waals surface area contributed by atoms with E-state index in [9.17, 15) is 0 Å². The summed E-state index contributed by atoms with van der Waals surface area (Å²) in [5, 5.41) is 0.834. The van der Waals surface area contributed by atoms with Crippen LogP contribution in [0.3, 0.4) is 0 Å². The van der Waals surface area contributed by atoms with Crippen molar-refractivity contribution >= 4 is 23.4 Å². The van der Waals surface area contributed by atoms with Crippen LogP contribution in [0.25, 0.3) is 0 Å². The molecule has 3 aliphatic rings. The second kappa shape index (κ2) is 5.63. The van der Waals surface area contributed by atoms with Gasteiger partial charge in [0.25, 0.3) is 0 Å². The van der Waals surface area contributed by atoms with Crippen LogP contribution in [-0.2, 0) is 0 Å². The summed E-state index contributed by atoms with van der Waals surface area (Å²) in [5.74, 6) is 2.14. The maximum Gasteiger partial charge on any atom is 0.189 e. The van der Waals surface area contributed by atoms with E-state index in [4.69, 9.17) is 0 Å². The normalized spacial score (nSPS) is 22.9. The van der Waals surface area contributed by atoms with E-state index in [1.165, 1.54) is 12.0 Å². The van der Waals surface area contributed by atoms with Crippen LogP contribution < -0.4 is 9.80 Å². The van der Waals surface area contributed by atoms with Crippen molar-refractivity contribution in [3.05, 3.63) is 29.8 Å². The molecule has 0 aliphatic carbocycles. The van der Waals surface area contributed by atoms with E-state index in [-0.39, 0.29) is 0 Å². The lowest BCUT2D eigenvalue weighted by Gasteiger charge is -2.57. The molecule has 6 nitrogen and oxygen atoms in total. The Morgan fingerprint density at radius 3 is 2.65 bits per heavy atom. The summed E-state index contributed by atoms with van der Waals surface area (Å²) in [6.07, 6.45) is 6.77. The summed E-state index contributed by atoms with van der Waals surface area (Å²) in [6, 6.07) is 3.03. The number of hydrogen-bond donors (Lipinski definition) is 0. The van der Waals surface area contributed by atoms with Gasteiger partial charge in [-0.1, -0.05) is 11.8 Å². The van der Waals surface area contributed by atoms with E-state index in [0.717, 1.165) is 35.6 Å². The molecule has 0 saturated carbocycles. The van der Waals surface area contributed by atoms with Crippen molar-refractivity contribution in [3.8, 4) is 0 Å². The van der Waals surface area contributed by atoms with Crippen LogP contribution in [0.15, 0.2) is 23.7 Å². The van der Waals surface area contributed by atoms with Crippen LogP contribution in [0.2, 0.25) is 0 Å². The van der Waals surface area contributed by atoms with Crippen molar-refractivity contribution in [3.63, 3.8) is 0 Å². The molecule has 2 aromatic rings. The number of anilines is 2. The lowest BCUT2D eigenvalue weighted by molar-refractivity contribution is 0.287. The summed E-state index contributed by atoms with van der Waals surface area (Å²) in [5.41, 5.74) is 2.26. The van der Waals surface area contributed by atoms with Gasteiger partial charge in [0.15, 0.2) is 5.16 Å². The lowest BCUT2D eigenvalue weighted by atomic mass is 9.87. The van der Waals surface area contributed by atoms with Crippen LogP contribution in [0, 0.1) is 13.8 Å². The number of fused-ring (bicyclic) bond motifs is 2. The summed E-state index contributed by atoms with van der Waals surface area (Å²) >= 11 is 1.58. The molecule has 3 fully saturated rings. The zero-order valence-electron chi connectivity index (χ0n) is 13.6. The number of piperazine rings is 1. The number of hydrogen-bond acceptors (Lipinski definition) is 7. The minimum Gasteiger partial charge on any atom is -0.352 e. The highest BCUT2D eigenvalue weighted by molar-refractivity contribution is 7.98. The first-order chi connectivity index (χ1) is 11.2. The van der Waals surface area contributed by atoms with E-state index >= 15 is 0 Å². The Labute approximate surface area is 140 Å². The van der Waals surface area contributed by atoms with Gasteiger partial charge >= 0.3 is 0 Å². The first-order valence-corrected chi connectivity index (χ1v) is 9.08. The number of nitrogens with zero attached hydrogens (tertiary/aromatic N) is 6. The maximum absolute atomic E-state index is 4.63. The Balaban J connectivity index is 1.55. The number of aryl methyl sites for hydroxylation is 1. The van der Waals surface area contributed by atoms with Gasteiger partial charge in [0.1, 0.15) is 18.0 Å². The van der Waals surface area contributed by atoms with Crippen molar-refractivity contribution in [2.75, 3.05) is 29.1 Å². The van der Waals surface area contributed by atoms with E-state index in [2.05, 4.69) is 36.7 Å². The fourth-order valence-electron chi connectivity index (χ4n) is 3.53. The van der Waals surface area contributed by atoms with Crippen molar-refractivity contribution in [2.45, 2.75) is 37.5 Å². The highest BCUT2D eigenvalue weighted by Crippen LogP contribution is 2.38. The van der Waals surface area contributed by atoms with Crippen molar-refractivity contribution < 1.29 is 0 Å². The lowest BCUT2D eigenvalue weighted by Crippen LogP contribution is -2.69. The molecule has 120 valence electrons. The molecule has 23 heavy (non-hydrogen) atoms. The van der Waals surface area contributed by atoms with Gasteiger partial charge in [-0.05, 0) is 32.6 Å². The molecule has 0 spiro atoms. The Morgan fingerprint density at radius 2 is 1.91 bits per heavy atom. The summed E-state index contributed by atoms with van der Waals surface area (Å²) in [6.45, 7) is 6.15. The Hall–Kier alpha value is -1.89. The smallest absolute Gasteiger partial charge is 0.189 e. The standard InChI is InChI=1S/C16H20N6S/c1-10-11(2)18-9-19-15(10)22-12-6-13(22)8-21(7-12)14-4-5-17-16(20-14)23-3/h4-5,9,12-13H,6-8H2,1-3H3. The summed E-state index contributed by atoms with van der Waals surface area (Å²) < 4.78 is 0. The van der Waals surface area contributed by atoms with Gasteiger partial charge in [-0.2, -0.15) is 0 Å². The molecule has 0 N–H and O–H groups in total. The molecule has 3 saturated heterocycles. The average molecular weight is 328 g/mol. The molecule has 2 bridgehead atoms. The van der Waals surface area contributed by atoms with E-state index < -0.39 is 0 Å². The Bertz CT molecular complexity index is 724. The molecule has 5 rings (SSSR count). The van der Waals surface area contributed by atoms with Crippen LogP contribution >= 0.6 is 11.8 Å². The number of aromatic nitrogens is 4. The van der Waals surface area contributed by atoms with Crippen LogP contribution in [0.1, 0.15) is 17.7 Å². The largest absolute Gasteiger partial charge is 0.352 e. The second-order valence-corrected chi connectivity index (χ2v) is 6.94. The topological polar surface area (TPSA) is 58.0 Å². The van der Waals surface area contributed by atoms with Crippen LogP contribution in [0.4, 0.5) is 11.6 Å². The highest BCUT2D eigenvalue weighted by Gasteiger charge is 2.46. The molecule has 5 heterocycles. The summed E-state index contributed by atoms with van der Waals surface area (Å²) in [7, 11) is 0. The van der Waals surface area contributed by atoms with E-state index in [0.29, 0.717) is 12.1 Å². The van der Waals surface area contributed by atoms with Crippen LogP contribution in [-0.4, -0.2) is 51.4 Å². The zero-order chi connectivity index (χ0) is 16.0. The predicted octanol–water partition coefficient (Wildman–Crippen LogP) is 2.07. The van der Waals surface area contributed by atoms with Crippen molar-refractivity contribution in [1.82, 2.24) is 19.9 Å². The fourth-order valence-corrected chi connectivity index (χ4v) is 3.89. The van der Waals surface area contributed by atoms with Gasteiger partial charge in [-0.25, -0.2) is 19.9 Å². The zero-order valence-corrected chi connectivity index (χ0v) is 14.4. The first kappa shape index (κ1) is 14.7. The molecule has 0 amide bonds. The van der Waals surface area contributed by atoms with Crippen molar-refractivity contribution in [2.24, 2.45) is 0 Å². The number of thioether (sulfide) groups is 1. The minimum atomic E-state index is 0.509. The monoisotopic (exact) mass is 328 g/mol. The molecule has 2 atom stereocenters. The third-order valence-corrected chi connectivity index (χ3v) is 5.43. The molecule has 2 aromatic heterocycles. The second-order valence-electron chi connectivity index (χ2n) is 6.16. The third-order valence-electron chi connectivity index (χ3n) is 4.87. The van der Waals surface area contributed by atoms with Crippen LogP contribution in [0.5, 0.6) is 0 Å². The van der Waals surface area contributed by atoms with Gasteiger partial charge in [0, 0.05) is 30.5 Å². The van der Waals surface area contributed by atoms with E-state index in [1.54, 1.807) is 18.1 Å². The van der Waals surface area contributed by atoms with Gasteiger partial charge in [0.05, 0.1) is 12.1 Å². The van der Waals surface area contributed by atoms with Gasteiger partial charge in [-0.3, -0.25) is 0 Å². The van der Waals surface area contributed by atoms with Crippen molar-refractivity contribution in [1.29, 1.82) is 0 Å². The number of rotatable bonds is 3. The highest BCUT2D eigenvalue weighted by atomic mass is 32.2. The Kier molecular flexibility index (Phi) is 3.60. The molecule has 7 heteroatoms. The van der Waals surface area contributed by atoms with Gasteiger partial charge in [0.2, 0.25) is 0 Å². The molecular formula is C16H20N6S. The Morgan fingerprint density at radius 1 is 1.13 bits per heavy atom. The molecule has 2 unspecified atom stereocenters. The first-order valence-electron chi connectivity index (χ1n) is 7.86. The van der Waals surface area contributed by atoms with Gasteiger partial charge in [-0.15, -0.1) is 0 Å². The van der Waals surface area contributed by atoms with Gasteiger partial charge < -0.3 is 9.80 Å². The third kappa shape index (κ3) is 2.43. The number of piperidine rings is 1. The SMILES string of the molecule is CSc1nccc(N2CC3CC(C2)N3c2ncnc(C)c2C)n1. The molecule has 0 radical (unpaired) electrons. The molecular weight excluding hydrogens is 308 g/mol. The maximum atomic E-state index is 4.63.